The molecule has 3 nitrogen and oxygen atoms in total. The van der Waals surface area contributed by atoms with E-state index in [0.29, 0.717) is 17.9 Å². The maximum absolute atomic E-state index is 10.1. The Labute approximate surface area is 112 Å². The van der Waals surface area contributed by atoms with Gasteiger partial charge in [-0.1, -0.05) is 20.8 Å². The van der Waals surface area contributed by atoms with Crippen molar-refractivity contribution in [2.24, 2.45) is 11.8 Å². The van der Waals surface area contributed by atoms with Crippen molar-refractivity contribution in [1.82, 2.24) is 10.2 Å². The van der Waals surface area contributed by atoms with Gasteiger partial charge in [-0.25, -0.2) is 0 Å². The summed E-state index contributed by atoms with van der Waals surface area (Å²) in [6.45, 7) is 9.98. The first-order chi connectivity index (χ1) is 8.58. The van der Waals surface area contributed by atoms with Crippen molar-refractivity contribution in [3.63, 3.8) is 0 Å². The van der Waals surface area contributed by atoms with Crippen LogP contribution in [0.15, 0.2) is 0 Å². The lowest BCUT2D eigenvalue weighted by molar-refractivity contribution is 0.0630. The third-order valence-electron chi connectivity index (χ3n) is 4.45. The summed E-state index contributed by atoms with van der Waals surface area (Å²) in [5.74, 6) is 1.05. The van der Waals surface area contributed by atoms with Gasteiger partial charge in [-0.2, -0.15) is 0 Å². The Bertz CT molecular complexity index is 253. The average molecular weight is 254 g/mol. The highest BCUT2D eigenvalue weighted by Crippen LogP contribution is 2.26. The fraction of sp³-hybridized carbons (Fsp3) is 1.00. The Morgan fingerprint density at radius 2 is 1.94 bits per heavy atom. The van der Waals surface area contributed by atoms with E-state index in [-0.39, 0.29) is 6.10 Å². The second kappa shape index (κ2) is 6.36. The Hall–Kier alpha value is -0.120. The molecule has 3 unspecified atom stereocenters. The molecular formula is C15H30N2O. The van der Waals surface area contributed by atoms with E-state index in [4.69, 9.17) is 0 Å². The zero-order chi connectivity index (χ0) is 13.1. The van der Waals surface area contributed by atoms with E-state index in [9.17, 15) is 5.11 Å². The van der Waals surface area contributed by atoms with E-state index in [2.05, 4.69) is 31.0 Å². The van der Waals surface area contributed by atoms with E-state index < -0.39 is 0 Å². The first kappa shape index (κ1) is 14.3. The number of hydrogen-bond donors (Lipinski definition) is 2. The zero-order valence-corrected chi connectivity index (χ0v) is 12.2. The van der Waals surface area contributed by atoms with Crippen LogP contribution in [0.5, 0.6) is 0 Å². The smallest absolute Gasteiger partial charge is 0.0566 e. The molecule has 0 bridgehead atoms. The monoisotopic (exact) mass is 254 g/mol. The molecule has 2 aliphatic rings. The summed E-state index contributed by atoms with van der Waals surface area (Å²) >= 11 is 0. The van der Waals surface area contributed by atoms with Gasteiger partial charge < -0.3 is 15.3 Å². The van der Waals surface area contributed by atoms with Crippen LogP contribution in [0.2, 0.25) is 0 Å². The molecule has 106 valence electrons. The van der Waals surface area contributed by atoms with Crippen LogP contribution in [-0.4, -0.2) is 47.8 Å². The van der Waals surface area contributed by atoms with E-state index in [0.717, 1.165) is 19.0 Å². The standard InChI is InChI=1S/C15H30N2O/c1-4-17-9-12(8-15(18)11(2)3)7-14(10-17)16-13-5-6-13/h11-16,18H,4-10H2,1-3H3. The van der Waals surface area contributed by atoms with Gasteiger partial charge in [0.25, 0.3) is 0 Å². The molecule has 0 aromatic rings. The van der Waals surface area contributed by atoms with Crippen molar-refractivity contribution in [2.45, 2.75) is 64.6 Å². The minimum Gasteiger partial charge on any atom is -0.393 e. The molecule has 1 aliphatic heterocycles. The van der Waals surface area contributed by atoms with Crippen molar-refractivity contribution >= 4 is 0 Å². The van der Waals surface area contributed by atoms with Crippen LogP contribution >= 0.6 is 0 Å². The van der Waals surface area contributed by atoms with Crippen LogP contribution in [0, 0.1) is 11.8 Å². The van der Waals surface area contributed by atoms with Crippen molar-refractivity contribution < 1.29 is 5.11 Å². The Balaban J connectivity index is 1.84. The third kappa shape index (κ3) is 4.22. The molecule has 3 heteroatoms. The van der Waals surface area contributed by atoms with Crippen molar-refractivity contribution in [1.29, 1.82) is 0 Å². The summed E-state index contributed by atoms with van der Waals surface area (Å²) < 4.78 is 0. The molecule has 1 saturated carbocycles. The fourth-order valence-electron chi connectivity index (χ4n) is 3.05. The minimum atomic E-state index is -0.131. The third-order valence-corrected chi connectivity index (χ3v) is 4.45. The van der Waals surface area contributed by atoms with Crippen LogP contribution in [0.4, 0.5) is 0 Å². The molecule has 0 spiro atoms. The largest absolute Gasteiger partial charge is 0.393 e. The van der Waals surface area contributed by atoms with Gasteiger partial charge in [0.15, 0.2) is 0 Å². The van der Waals surface area contributed by atoms with Crippen LogP contribution < -0.4 is 5.32 Å². The number of aliphatic hydroxyl groups excluding tert-OH is 1. The lowest BCUT2D eigenvalue weighted by Crippen LogP contribution is -2.50. The molecule has 2 fully saturated rings. The van der Waals surface area contributed by atoms with E-state index in [1.165, 1.54) is 32.4 Å². The summed E-state index contributed by atoms with van der Waals surface area (Å²) in [4.78, 5) is 2.54. The molecule has 1 heterocycles. The van der Waals surface area contributed by atoms with Crippen molar-refractivity contribution in [2.75, 3.05) is 19.6 Å². The van der Waals surface area contributed by atoms with Crippen molar-refractivity contribution in [3.8, 4) is 0 Å². The van der Waals surface area contributed by atoms with Gasteiger partial charge in [0.1, 0.15) is 0 Å². The lowest BCUT2D eigenvalue weighted by atomic mass is 9.86. The highest BCUT2D eigenvalue weighted by atomic mass is 16.3. The van der Waals surface area contributed by atoms with E-state index in [1.54, 1.807) is 0 Å². The second-order valence-electron chi connectivity index (χ2n) is 6.64. The number of nitrogens with one attached hydrogen (secondary N) is 1. The van der Waals surface area contributed by atoms with Gasteiger partial charge in [-0.3, -0.25) is 0 Å². The number of aliphatic hydroxyl groups is 1. The Kier molecular flexibility index (Phi) is 5.05. The van der Waals surface area contributed by atoms with Gasteiger partial charge in [0.2, 0.25) is 0 Å². The number of hydrogen-bond acceptors (Lipinski definition) is 3. The predicted octanol–water partition coefficient (Wildman–Crippen LogP) is 1.86. The second-order valence-corrected chi connectivity index (χ2v) is 6.64. The highest BCUT2D eigenvalue weighted by molar-refractivity contribution is 4.90. The molecule has 0 aromatic carbocycles. The summed E-state index contributed by atoms with van der Waals surface area (Å²) in [7, 11) is 0. The first-order valence-corrected chi connectivity index (χ1v) is 7.75. The molecule has 2 rings (SSSR count). The van der Waals surface area contributed by atoms with Gasteiger partial charge in [0.05, 0.1) is 6.10 Å². The molecule has 1 aliphatic carbocycles. The summed E-state index contributed by atoms with van der Waals surface area (Å²) in [5, 5.41) is 13.8. The molecule has 18 heavy (non-hydrogen) atoms. The number of likely N-dealkylation sites (tertiary alicyclic amines) is 1. The molecule has 0 aromatic heterocycles. The SMILES string of the molecule is CCN1CC(CC(O)C(C)C)CC(NC2CC2)C1. The summed E-state index contributed by atoms with van der Waals surface area (Å²) in [6, 6.07) is 1.44. The first-order valence-electron chi connectivity index (χ1n) is 7.75. The lowest BCUT2D eigenvalue weighted by Gasteiger charge is -2.39. The minimum absolute atomic E-state index is 0.131. The topological polar surface area (TPSA) is 35.5 Å². The quantitative estimate of drug-likeness (QED) is 0.759. The fourth-order valence-corrected chi connectivity index (χ4v) is 3.05. The normalized spacial score (nSPS) is 31.8. The number of piperidine rings is 1. The zero-order valence-electron chi connectivity index (χ0n) is 12.2. The van der Waals surface area contributed by atoms with E-state index in [1.807, 2.05) is 0 Å². The maximum Gasteiger partial charge on any atom is 0.0566 e. The molecule has 1 saturated heterocycles. The summed E-state index contributed by atoms with van der Waals surface area (Å²) in [5.41, 5.74) is 0. The van der Waals surface area contributed by atoms with Gasteiger partial charge in [0, 0.05) is 25.2 Å². The molecule has 0 amide bonds. The number of nitrogens with zero attached hydrogens (tertiary/aromatic N) is 1. The molecule has 2 N–H and O–H groups in total. The number of rotatable bonds is 6. The van der Waals surface area contributed by atoms with Crippen LogP contribution in [0.1, 0.15) is 46.5 Å². The molecular weight excluding hydrogens is 224 g/mol. The van der Waals surface area contributed by atoms with Crippen LogP contribution in [-0.2, 0) is 0 Å². The number of likely N-dealkylation sites (N-methyl/N-ethyl adjacent to an activating group) is 1. The van der Waals surface area contributed by atoms with E-state index >= 15 is 0 Å². The molecule has 3 atom stereocenters. The van der Waals surface area contributed by atoms with Gasteiger partial charge in [-0.05, 0) is 44.1 Å². The van der Waals surface area contributed by atoms with Gasteiger partial charge >= 0.3 is 0 Å². The summed E-state index contributed by atoms with van der Waals surface area (Å²) in [6.07, 6.45) is 4.81. The average Bonchev–Trinajstić information content (AvgIpc) is 3.12. The van der Waals surface area contributed by atoms with Crippen LogP contribution in [0.25, 0.3) is 0 Å². The highest BCUT2D eigenvalue weighted by Gasteiger charge is 2.32. The van der Waals surface area contributed by atoms with Crippen LogP contribution in [0.3, 0.4) is 0 Å². The van der Waals surface area contributed by atoms with Gasteiger partial charge in [-0.15, -0.1) is 0 Å². The Morgan fingerprint density at radius 3 is 2.50 bits per heavy atom. The van der Waals surface area contributed by atoms with Crippen molar-refractivity contribution in [3.05, 3.63) is 0 Å². The molecule has 0 radical (unpaired) electrons. The predicted molar refractivity (Wildman–Crippen MR) is 75.6 cm³/mol. The Morgan fingerprint density at radius 1 is 1.22 bits per heavy atom. The maximum atomic E-state index is 10.1.